The number of hydrogen-bond acceptors (Lipinski definition) is 2. The van der Waals surface area contributed by atoms with E-state index in [0.29, 0.717) is 11.8 Å². The van der Waals surface area contributed by atoms with Crippen molar-refractivity contribution in [2.24, 2.45) is 0 Å². The Kier molecular flexibility index (Phi) is 3.63. The minimum atomic E-state index is -4.26. The Balaban J connectivity index is 3.29. The monoisotopic (exact) mass is 282 g/mol. The molecule has 0 unspecified atom stereocenters. The molecule has 1 aromatic rings. The lowest BCUT2D eigenvalue weighted by molar-refractivity contribution is 0.482. The lowest BCUT2D eigenvalue weighted by Crippen LogP contribution is -2.04. The van der Waals surface area contributed by atoms with Gasteiger partial charge in [0.05, 0.1) is 4.90 Å². The SMILES string of the molecule is O=S(=O)(O)c1ccc(F)cc1CCBr. The maximum atomic E-state index is 12.8. The number of rotatable bonds is 3. The fraction of sp³-hybridized carbons (Fsp3) is 0.250. The Labute approximate surface area is 89.8 Å². The van der Waals surface area contributed by atoms with Crippen LogP contribution in [0.1, 0.15) is 5.56 Å². The van der Waals surface area contributed by atoms with Gasteiger partial charge in [0, 0.05) is 5.33 Å². The molecule has 14 heavy (non-hydrogen) atoms. The second-order valence-corrected chi connectivity index (χ2v) is 4.85. The number of halogens is 2. The molecule has 0 aliphatic carbocycles. The van der Waals surface area contributed by atoms with Crippen molar-refractivity contribution < 1.29 is 17.4 Å². The van der Waals surface area contributed by atoms with Crippen molar-refractivity contribution >= 4 is 26.0 Å². The lowest BCUT2D eigenvalue weighted by atomic mass is 10.2. The summed E-state index contributed by atoms with van der Waals surface area (Å²) in [7, 11) is -4.26. The summed E-state index contributed by atoms with van der Waals surface area (Å²) >= 11 is 3.11. The van der Waals surface area contributed by atoms with Crippen LogP contribution in [-0.4, -0.2) is 18.3 Å². The van der Waals surface area contributed by atoms with Crippen molar-refractivity contribution in [3.63, 3.8) is 0 Å². The Hall–Kier alpha value is -0.460. The van der Waals surface area contributed by atoms with Gasteiger partial charge in [-0.25, -0.2) is 4.39 Å². The van der Waals surface area contributed by atoms with Crippen LogP contribution in [0, 0.1) is 5.82 Å². The van der Waals surface area contributed by atoms with E-state index in [1.807, 2.05) is 0 Å². The summed E-state index contributed by atoms with van der Waals surface area (Å²) in [6.45, 7) is 0. The molecular weight excluding hydrogens is 275 g/mol. The summed E-state index contributed by atoms with van der Waals surface area (Å²) in [5.41, 5.74) is 0.268. The molecule has 3 nitrogen and oxygen atoms in total. The van der Waals surface area contributed by atoms with Gasteiger partial charge in [0.25, 0.3) is 10.1 Å². The summed E-state index contributed by atoms with van der Waals surface area (Å²) in [4.78, 5) is -0.238. The predicted octanol–water partition coefficient (Wildman–Crippen LogP) is 2.01. The van der Waals surface area contributed by atoms with Gasteiger partial charge in [-0.15, -0.1) is 0 Å². The molecule has 1 rings (SSSR count). The molecule has 0 amide bonds. The zero-order chi connectivity index (χ0) is 10.8. The summed E-state index contributed by atoms with van der Waals surface area (Å²) in [5, 5.41) is 0.499. The third-order valence-electron chi connectivity index (χ3n) is 1.66. The van der Waals surface area contributed by atoms with Crippen molar-refractivity contribution in [2.45, 2.75) is 11.3 Å². The molecule has 0 saturated carbocycles. The molecule has 0 atom stereocenters. The molecule has 78 valence electrons. The van der Waals surface area contributed by atoms with E-state index in [1.54, 1.807) is 0 Å². The molecule has 0 aromatic heterocycles. The van der Waals surface area contributed by atoms with Crippen molar-refractivity contribution in [3.8, 4) is 0 Å². The summed E-state index contributed by atoms with van der Waals surface area (Å²) in [6.07, 6.45) is 0.340. The van der Waals surface area contributed by atoms with Crippen molar-refractivity contribution in [3.05, 3.63) is 29.6 Å². The third-order valence-corrected chi connectivity index (χ3v) is 3.01. The summed E-state index contributed by atoms with van der Waals surface area (Å²) < 4.78 is 43.3. The number of alkyl halides is 1. The number of aryl methyl sites for hydroxylation is 1. The topological polar surface area (TPSA) is 54.4 Å². The molecule has 0 radical (unpaired) electrons. The van der Waals surface area contributed by atoms with Crippen LogP contribution in [0.2, 0.25) is 0 Å². The maximum Gasteiger partial charge on any atom is 0.294 e. The average Bonchev–Trinajstić information content (AvgIpc) is 2.02. The first kappa shape index (κ1) is 11.6. The molecule has 6 heteroatoms. The van der Waals surface area contributed by atoms with E-state index in [2.05, 4.69) is 15.9 Å². The molecule has 1 aromatic carbocycles. The van der Waals surface area contributed by atoms with E-state index in [4.69, 9.17) is 4.55 Å². The van der Waals surface area contributed by atoms with Gasteiger partial charge in [-0.05, 0) is 30.2 Å². The first-order chi connectivity index (χ1) is 6.45. The fourth-order valence-corrected chi connectivity index (χ4v) is 2.26. The predicted molar refractivity (Wildman–Crippen MR) is 53.7 cm³/mol. The Morgan fingerprint density at radius 1 is 1.43 bits per heavy atom. The summed E-state index contributed by atoms with van der Waals surface area (Å²) in [6, 6.07) is 3.16. The normalized spacial score (nSPS) is 11.6. The van der Waals surface area contributed by atoms with Crippen LogP contribution >= 0.6 is 15.9 Å². The first-order valence-corrected chi connectivity index (χ1v) is 6.33. The molecule has 0 aliphatic rings. The van der Waals surface area contributed by atoms with Gasteiger partial charge in [-0.1, -0.05) is 15.9 Å². The van der Waals surface area contributed by atoms with Gasteiger partial charge in [-0.2, -0.15) is 8.42 Å². The highest BCUT2D eigenvalue weighted by Gasteiger charge is 2.15. The molecule has 1 N–H and O–H groups in total. The van der Waals surface area contributed by atoms with Crippen LogP contribution in [0.25, 0.3) is 0 Å². The van der Waals surface area contributed by atoms with Gasteiger partial charge in [0.15, 0.2) is 0 Å². The van der Waals surface area contributed by atoms with Gasteiger partial charge in [-0.3, -0.25) is 4.55 Å². The van der Waals surface area contributed by atoms with Gasteiger partial charge in [0.1, 0.15) is 5.82 Å². The molecule has 0 aliphatic heterocycles. The van der Waals surface area contributed by atoms with E-state index in [9.17, 15) is 12.8 Å². The smallest absolute Gasteiger partial charge is 0.282 e. The van der Waals surface area contributed by atoms with E-state index in [-0.39, 0.29) is 10.5 Å². The van der Waals surface area contributed by atoms with Crippen LogP contribution in [-0.2, 0) is 16.5 Å². The van der Waals surface area contributed by atoms with Crippen LogP contribution in [0.5, 0.6) is 0 Å². The highest BCUT2D eigenvalue weighted by Crippen LogP contribution is 2.17. The standard InChI is InChI=1S/C8H8BrFO3S/c9-4-3-6-5-7(10)1-2-8(6)14(11,12)13/h1-2,5H,3-4H2,(H,11,12,13). The zero-order valence-electron chi connectivity index (χ0n) is 7.07. The fourth-order valence-electron chi connectivity index (χ4n) is 1.10. The number of hydrogen-bond donors (Lipinski definition) is 1. The Morgan fingerprint density at radius 3 is 2.57 bits per heavy atom. The van der Waals surface area contributed by atoms with Crippen molar-refractivity contribution in [2.75, 3.05) is 5.33 Å². The summed E-state index contributed by atoms with van der Waals surface area (Å²) in [5.74, 6) is -0.520. The largest absolute Gasteiger partial charge is 0.294 e. The Bertz CT molecular complexity index is 430. The highest BCUT2D eigenvalue weighted by molar-refractivity contribution is 9.09. The lowest BCUT2D eigenvalue weighted by Gasteiger charge is -2.04. The molecule has 0 spiro atoms. The van der Waals surface area contributed by atoms with E-state index in [0.717, 1.165) is 18.2 Å². The van der Waals surface area contributed by atoms with Gasteiger partial charge >= 0.3 is 0 Å². The first-order valence-electron chi connectivity index (χ1n) is 3.77. The third kappa shape index (κ3) is 2.76. The molecule has 0 saturated heterocycles. The van der Waals surface area contributed by atoms with Crippen LogP contribution in [0.15, 0.2) is 23.1 Å². The maximum absolute atomic E-state index is 12.8. The van der Waals surface area contributed by atoms with Gasteiger partial charge in [0.2, 0.25) is 0 Å². The van der Waals surface area contributed by atoms with Crippen LogP contribution < -0.4 is 0 Å². The molecule has 0 bridgehead atoms. The minimum Gasteiger partial charge on any atom is -0.282 e. The van der Waals surface area contributed by atoms with Crippen LogP contribution in [0.3, 0.4) is 0 Å². The molecule has 0 heterocycles. The van der Waals surface area contributed by atoms with E-state index >= 15 is 0 Å². The van der Waals surface area contributed by atoms with E-state index < -0.39 is 15.9 Å². The minimum absolute atomic E-state index is 0.238. The average molecular weight is 283 g/mol. The molecular formula is C8H8BrFO3S. The zero-order valence-corrected chi connectivity index (χ0v) is 9.48. The Morgan fingerprint density at radius 2 is 2.07 bits per heavy atom. The van der Waals surface area contributed by atoms with Gasteiger partial charge < -0.3 is 0 Å². The van der Waals surface area contributed by atoms with E-state index in [1.165, 1.54) is 0 Å². The second kappa shape index (κ2) is 4.37. The highest BCUT2D eigenvalue weighted by atomic mass is 79.9. The van der Waals surface area contributed by atoms with Crippen LogP contribution in [0.4, 0.5) is 4.39 Å². The second-order valence-electron chi connectivity index (χ2n) is 2.67. The van der Waals surface area contributed by atoms with Crippen molar-refractivity contribution in [1.82, 2.24) is 0 Å². The quantitative estimate of drug-likeness (QED) is 0.682. The molecule has 0 fully saturated rings. The number of benzene rings is 1. The van der Waals surface area contributed by atoms with Crippen molar-refractivity contribution in [1.29, 1.82) is 0 Å².